The van der Waals surface area contributed by atoms with E-state index in [1.54, 1.807) is 6.92 Å². The lowest BCUT2D eigenvalue weighted by atomic mass is 10.2. The first-order valence-corrected chi connectivity index (χ1v) is 8.90. The standard InChI is InChI=1S/C15H17N5O3S/c1-10-17-15(23-18-10)14-7-12(9-20(14)2)19-24(21,22)13-5-3-11(8-16)4-6-13/h3-6,12,14,19H,7,9H2,1-2H3. The molecule has 1 aromatic carbocycles. The van der Waals surface area contributed by atoms with E-state index in [1.165, 1.54) is 24.3 Å². The van der Waals surface area contributed by atoms with E-state index in [-0.39, 0.29) is 17.0 Å². The van der Waals surface area contributed by atoms with Gasteiger partial charge in [0.25, 0.3) is 0 Å². The van der Waals surface area contributed by atoms with Gasteiger partial charge in [-0.3, -0.25) is 4.90 Å². The highest BCUT2D eigenvalue weighted by Crippen LogP contribution is 2.30. The van der Waals surface area contributed by atoms with Crippen LogP contribution in [0.2, 0.25) is 0 Å². The van der Waals surface area contributed by atoms with Crippen molar-refractivity contribution in [2.24, 2.45) is 0 Å². The molecular weight excluding hydrogens is 330 g/mol. The molecule has 1 aliphatic rings. The second kappa shape index (κ2) is 6.32. The van der Waals surface area contributed by atoms with E-state index in [0.29, 0.717) is 30.2 Å². The Labute approximate surface area is 140 Å². The van der Waals surface area contributed by atoms with Gasteiger partial charge in [-0.2, -0.15) is 10.2 Å². The molecule has 2 atom stereocenters. The van der Waals surface area contributed by atoms with Gasteiger partial charge in [0.05, 0.1) is 22.6 Å². The Morgan fingerprint density at radius 1 is 1.38 bits per heavy atom. The Balaban J connectivity index is 1.72. The molecule has 9 heteroatoms. The number of nitriles is 1. The minimum atomic E-state index is -3.65. The zero-order chi connectivity index (χ0) is 17.3. The lowest BCUT2D eigenvalue weighted by Crippen LogP contribution is -2.36. The maximum atomic E-state index is 12.5. The summed E-state index contributed by atoms with van der Waals surface area (Å²) < 4.78 is 32.9. The smallest absolute Gasteiger partial charge is 0.244 e. The molecule has 3 rings (SSSR count). The molecule has 0 bridgehead atoms. The van der Waals surface area contributed by atoms with Crippen LogP contribution in [0, 0.1) is 18.3 Å². The Bertz CT molecular complexity index is 869. The van der Waals surface area contributed by atoms with Gasteiger partial charge in [0.15, 0.2) is 5.82 Å². The average molecular weight is 347 g/mol. The molecule has 8 nitrogen and oxygen atoms in total. The largest absolute Gasteiger partial charge is 0.338 e. The second-order valence-corrected chi connectivity index (χ2v) is 7.54. The first-order chi connectivity index (χ1) is 11.4. The molecule has 0 radical (unpaired) electrons. The van der Waals surface area contributed by atoms with Crippen LogP contribution in [0.15, 0.2) is 33.7 Å². The van der Waals surface area contributed by atoms with Crippen molar-refractivity contribution in [1.82, 2.24) is 19.8 Å². The second-order valence-electron chi connectivity index (χ2n) is 5.83. The number of benzene rings is 1. The number of hydrogen-bond donors (Lipinski definition) is 1. The fourth-order valence-electron chi connectivity index (χ4n) is 2.82. The van der Waals surface area contributed by atoms with Crippen LogP contribution in [-0.4, -0.2) is 43.1 Å². The van der Waals surface area contributed by atoms with Crippen LogP contribution in [-0.2, 0) is 10.0 Å². The van der Waals surface area contributed by atoms with Gasteiger partial charge >= 0.3 is 0 Å². The van der Waals surface area contributed by atoms with Crippen LogP contribution in [0.25, 0.3) is 0 Å². The Morgan fingerprint density at radius 3 is 2.67 bits per heavy atom. The summed E-state index contributed by atoms with van der Waals surface area (Å²) >= 11 is 0. The van der Waals surface area contributed by atoms with Crippen LogP contribution < -0.4 is 4.72 Å². The molecule has 1 aromatic heterocycles. The molecule has 0 spiro atoms. The number of rotatable bonds is 4. The number of likely N-dealkylation sites (N-methyl/N-ethyl adjacent to an activating group) is 1. The SMILES string of the molecule is Cc1noc(C2CC(NS(=O)(=O)c3ccc(C#N)cc3)CN2C)n1. The quantitative estimate of drug-likeness (QED) is 0.877. The Hall–Kier alpha value is -2.28. The molecule has 2 unspecified atom stereocenters. The number of sulfonamides is 1. The number of hydrogen-bond acceptors (Lipinski definition) is 7. The third-order valence-electron chi connectivity index (χ3n) is 3.99. The van der Waals surface area contributed by atoms with E-state index in [9.17, 15) is 8.42 Å². The molecule has 0 aliphatic carbocycles. The fourth-order valence-corrected chi connectivity index (χ4v) is 4.06. The van der Waals surface area contributed by atoms with Crippen LogP contribution in [0.3, 0.4) is 0 Å². The molecule has 1 saturated heterocycles. The van der Waals surface area contributed by atoms with E-state index in [0.717, 1.165) is 0 Å². The molecule has 2 aromatic rings. The van der Waals surface area contributed by atoms with Crippen molar-refractivity contribution < 1.29 is 12.9 Å². The van der Waals surface area contributed by atoms with E-state index in [4.69, 9.17) is 9.78 Å². The lowest BCUT2D eigenvalue weighted by molar-refractivity contribution is 0.244. The summed E-state index contributed by atoms with van der Waals surface area (Å²) in [7, 11) is -1.76. The van der Waals surface area contributed by atoms with Crippen LogP contribution in [0.1, 0.15) is 29.7 Å². The molecule has 1 fully saturated rings. The van der Waals surface area contributed by atoms with Crippen molar-refractivity contribution >= 4 is 10.0 Å². The molecule has 2 heterocycles. The first-order valence-electron chi connectivity index (χ1n) is 7.42. The van der Waals surface area contributed by atoms with Crippen molar-refractivity contribution in [2.75, 3.05) is 13.6 Å². The normalized spacial score (nSPS) is 21.7. The van der Waals surface area contributed by atoms with Gasteiger partial charge in [0, 0.05) is 12.6 Å². The molecule has 0 saturated carbocycles. The first kappa shape index (κ1) is 16.6. The molecule has 1 N–H and O–H groups in total. The van der Waals surface area contributed by atoms with Crippen molar-refractivity contribution in [2.45, 2.75) is 30.3 Å². The highest BCUT2D eigenvalue weighted by Gasteiger charge is 2.36. The third-order valence-corrected chi connectivity index (χ3v) is 5.53. The summed E-state index contributed by atoms with van der Waals surface area (Å²) in [6.45, 7) is 2.29. The summed E-state index contributed by atoms with van der Waals surface area (Å²) in [5.74, 6) is 1.05. The zero-order valence-electron chi connectivity index (χ0n) is 13.3. The van der Waals surface area contributed by atoms with Gasteiger partial charge in [-0.1, -0.05) is 5.16 Å². The van der Waals surface area contributed by atoms with Crippen LogP contribution in [0.4, 0.5) is 0 Å². The topological polar surface area (TPSA) is 112 Å². The van der Waals surface area contributed by atoms with Gasteiger partial charge < -0.3 is 4.52 Å². The third kappa shape index (κ3) is 3.31. The molecule has 24 heavy (non-hydrogen) atoms. The van der Waals surface area contributed by atoms with Crippen molar-refractivity contribution in [3.8, 4) is 6.07 Å². The predicted octanol–water partition coefficient (Wildman–Crippen LogP) is 0.973. The van der Waals surface area contributed by atoms with Crippen molar-refractivity contribution in [3.63, 3.8) is 0 Å². The summed E-state index contributed by atoms with van der Waals surface area (Å²) in [5, 5.41) is 12.6. The van der Waals surface area contributed by atoms with E-state index < -0.39 is 10.0 Å². The number of nitrogens with zero attached hydrogens (tertiary/aromatic N) is 4. The monoisotopic (exact) mass is 347 g/mol. The molecule has 0 amide bonds. The van der Waals surface area contributed by atoms with E-state index in [2.05, 4.69) is 14.9 Å². The summed E-state index contributed by atoms with van der Waals surface area (Å²) in [4.78, 5) is 6.35. The van der Waals surface area contributed by atoms with Gasteiger partial charge in [-0.25, -0.2) is 13.1 Å². The predicted molar refractivity (Wildman–Crippen MR) is 84.3 cm³/mol. The van der Waals surface area contributed by atoms with Gasteiger partial charge in [-0.15, -0.1) is 0 Å². The molecule has 126 valence electrons. The number of nitrogens with one attached hydrogen (secondary N) is 1. The molecular formula is C15H17N5O3S. The van der Waals surface area contributed by atoms with Crippen molar-refractivity contribution in [3.05, 3.63) is 41.5 Å². The number of likely N-dealkylation sites (tertiary alicyclic amines) is 1. The highest BCUT2D eigenvalue weighted by atomic mass is 32.2. The summed E-state index contributed by atoms with van der Waals surface area (Å²) in [5.41, 5.74) is 0.418. The van der Waals surface area contributed by atoms with Gasteiger partial charge in [0.1, 0.15) is 0 Å². The summed E-state index contributed by atoms with van der Waals surface area (Å²) in [6.07, 6.45) is 0.549. The minimum absolute atomic E-state index is 0.111. The highest BCUT2D eigenvalue weighted by molar-refractivity contribution is 7.89. The average Bonchev–Trinajstić information content (AvgIpc) is 3.12. The lowest BCUT2D eigenvalue weighted by Gasteiger charge is -2.14. The number of aryl methyl sites for hydroxylation is 1. The maximum absolute atomic E-state index is 12.5. The van der Waals surface area contributed by atoms with Crippen molar-refractivity contribution in [1.29, 1.82) is 5.26 Å². The Morgan fingerprint density at radius 2 is 2.08 bits per heavy atom. The van der Waals surface area contributed by atoms with Gasteiger partial charge in [0.2, 0.25) is 15.9 Å². The Kier molecular flexibility index (Phi) is 4.36. The van der Waals surface area contributed by atoms with Crippen LogP contribution >= 0.6 is 0 Å². The molecule has 1 aliphatic heterocycles. The van der Waals surface area contributed by atoms with E-state index >= 15 is 0 Å². The number of aromatic nitrogens is 2. The van der Waals surface area contributed by atoms with Gasteiger partial charge in [-0.05, 0) is 44.7 Å². The summed E-state index contributed by atoms with van der Waals surface area (Å²) in [6, 6.07) is 7.43. The van der Waals surface area contributed by atoms with E-state index in [1.807, 2.05) is 18.0 Å². The zero-order valence-corrected chi connectivity index (χ0v) is 14.1. The maximum Gasteiger partial charge on any atom is 0.244 e. The minimum Gasteiger partial charge on any atom is -0.338 e. The fraction of sp³-hybridized carbons (Fsp3) is 0.400. The van der Waals surface area contributed by atoms with Crippen LogP contribution in [0.5, 0.6) is 0 Å².